The minimum absolute atomic E-state index is 0.0645. The van der Waals surface area contributed by atoms with Crippen LogP contribution in [-0.2, 0) is 9.53 Å². The fourth-order valence-electron chi connectivity index (χ4n) is 1.66. The fraction of sp³-hybridized carbons (Fsp3) is 0.769. The zero-order chi connectivity index (χ0) is 12.3. The molecule has 2 N–H and O–H groups in total. The highest BCUT2D eigenvalue weighted by molar-refractivity contribution is 5.77. The lowest BCUT2D eigenvalue weighted by atomic mass is 10.1. The van der Waals surface area contributed by atoms with Gasteiger partial charge in [-0.2, -0.15) is 0 Å². The van der Waals surface area contributed by atoms with Crippen molar-refractivity contribution in [3.05, 3.63) is 0 Å². The lowest BCUT2D eigenvalue weighted by Gasteiger charge is -2.13. The smallest absolute Gasteiger partial charge is 0.246 e. The fourth-order valence-corrected chi connectivity index (χ4v) is 1.66. The van der Waals surface area contributed by atoms with Gasteiger partial charge >= 0.3 is 0 Å². The number of carbonyl (C=O) groups is 1. The van der Waals surface area contributed by atoms with Gasteiger partial charge in [0.1, 0.15) is 12.7 Å². The molecule has 0 heterocycles. The Bertz CT molecular complexity index is 281. The first-order valence-electron chi connectivity index (χ1n) is 6.34. The molecule has 4 nitrogen and oxygen atoms in total. The van der Waals surface area contributed by atoms with Crippen LogP contribution in [0.25, 0.3) is 0 Å². The Hall–Kier alpha value is -1.05. The van der Waals surface area contributed by atoms with E-state index in [0.29, 0.717) is 6.54 Å². The summed E-state index contributed by atoms with van der Waals surface area (Å²) in [6.07, 6.45) is 5.36. The van der Waals surface area contributed by atoms with Crippen LogP contribution in [0, 0.1) is 11.8 Å². The molecule has 1 rings (SSSR count). The van der Waals surface area contributed by atoms with E-state index in [1.54, 1.807) is 0 Å². The Labute approximate surface area is 103 Å². The standard InChI is InChI=1S/C13H22N2O2/c1-14-9-10-15-13(16)11-17-12-7-5-3-2-4-6-8-12/h12,14H,2-5,7,9-11H2,1H3,(H,15,16). The summed E-state index contributed by atoms with van der Waals surface area (Å²) in [7, 11) is 1.85. The van der Waals surface area contributed by atoms with Crippen LogP contribution >= 0.6 is 0 Å². The second-order valence-electron chi connectivity index (χ2n) is 4.17. The molecule has 0 bridgehead atoms. The minimum atomic E-state index is -0.0656. The summed E-state index contributed by atoms with van der Waals surface area (Å²) in [4.78, 5) is 11.4. The van der Waals surface area contributed by atoms with E-state index in [2.05, 4.69) is 22.5 Å². The molecule has 0 saturated carbocycles. The number of carbonyl (C=O) groups excluding carboxylic acids is 1. The summed E-state index contributed by atoms with van der Waals surface area (Å²) < 4.78 is 5.50. The largest absolute Gasteiger partial charge is 0.356 e. The van der Waals surface area contributed by atoms with Crippen molar-refractivity contribution in [2.24, 2.45) is 0 Å². The zero-order valence-corrected chi connectivity index (χ0v) is 10.6. The molecule has 0 aliphatic heterocycles. The van der Waals surface area contributed by atoms with Crippen LogP contribution < -0.4 is 10.6 Å². The molecule has 1 atom stereocenters. The summed E-state index contributed by atoms with van der Waals surface area (Å²) in [5, 5.41) is 5.74. The van der Waals surface area contributed by atoms with Gasteiger partial charge in [-0.1, -0.05) is 12.3 Å². The number of nitrogens with one attached hydrogen (secondary N) is 2. The Kier molecular flexibility index (Phi) is 7.44. The van der Waals surface area contributed by atoms with Crippen LogP contribution in [0.2, 0.25) is 0 Å². The van der Waals surface area contributed by atoms with E-state index in [0.717, 1.165) is 25.8 Å². The van der Waals surface area contributed by atoms with E-state index in [-0.39, 0.29) is 18.6 Å². The highest BCUT2D eigenvalue weighted by Gasteiger charge is 2.09. The molecule has 1 amide bonds. The molecule has 0 saturated heterocycles. The van der Waals surface area contributed by atoms with Gasteiger partial charge in [-0.25, -0.2) is 0 Å². The van der Waals surface area contributed by atoms with Crippen LogP contribution in [0.1, 0.15) is 32.1 Å². The predicted molar refractivity (Wildman–Crippen MR) is 67.5 cm³/mol. The van der Waals surface area contributed by atoms with Gasteiger partial charge in [0.25, 0.3) is 0 Å². The quantitative estimate of drug-likeness (QED) is 0.528. The maximum absolute atomic E-state index is 11.4. The molecule has 1 aliphatic carbocycles. The predicted octanol–water partition coefficient (Wildman–Crippen LogP) is 0.675. The number of ether oxygens (including phenoxy) is 1. The van der Waals surface area contributed by atoms with Crippen molar-refractivity contribution in [1.29, 1.82) is 0 Å². The molecule has 0 aromatic carbocycles. The normalized spacial score (nSPS) is 19.7. The van der Waals surface area contributed by atoms with Crippen molar-refractivity contribution in [1.82, 2.24) is 10.6 Å². The number of hydrogen-bond donors (Lipinski definition) is 2. The Balaban J connectivity index is 2.17. The first kappa shape index (κ1) is 14.0. The third-order valence-corrected chi connectivity index (χ3v) is 2.64. The molecule has 0 fully saturated rings. The summed E-state index contributed by atoms with van der Waals surface area (Å²) in [5.74, 6) is 6.11. The van der Waals surface area contributed by atoms with E-state index in [1.165, 1.54) is 12.8 Å². The van der Waals surface area contributed by atoms with E-state index in [1.807, 2.05) is 7.05 Å². The molecule has 0 aromatic heterocycles. The molecule has 0 spiro atoms. The van der Waals surface area contributed by atoms with Gasteiger partial charge in [-0.05, 0) is 26.3 Å². The molecule has 96 valence electrons. The maximum atomic E-state index is 11.4. The lowest BCUT2D eigenvalue weighted by Crippen LogP contribution is -2.34. The third kappa shape index (κ3) is 6.98. The van der Waals surface area contributed by atoms with Crippen molar-refractivity contribution in [3.63, 3.8) is 0 Å². The molecule has 4 heteroatoms. The van der Waals surface area contributed by atoms with Crippen molar-refractivity contribution >= 4 is 5.91 Å². The second-order valence-corrected chi connectivity index (χ2v) is 4.17. The zero-order valence-electron chi connectivity index (χ0n) is 10.6. The third-order valence-electron chi connectivity index (χ3n) is 2.64. The van der Waals surface area contributed by atoms with E-state index < -0.39 is 0 Å². The molecular weight excluding hydrogens is 216 g/mol. The molecule has 0 radical (unpaired) electrons. The topological polar surface area (TPSA) is 50.4 Å². The molecule has 1 unspecified atom stereocenters. The van der Waals surface area contributed by atoms with Crippen molar-refractivity contribution in [2.45, 2.75) is 38.2 Å². The average molecular weight is 238 g/mol. The summed E-state index contributed by atoms with van der Waals surface area (Å²) in [6, 6.07) is 0. The van der Waals surface area contributed by atoms with Crippen LogP contribution in [0.3, 0.4) is 0 Å². The van der Waals surface area contributed by atoms with E-state index in [9.17, 15) is 4.79 Å². The van der Waals surface area contributed by atoms with E-state index in [4.69, 9.17) is 4.74 Å². The summed E-state index contributed by atoms with van der Waals surface area (Å²) in [6.45, 7) is 1.52. The first-order chi connectivity index (χ1) is 8.33. The molecule has 1 aliphatic rings. The Morgan fingerprint density at radius 2 is 2.24 bits per heavy atom. The second kappa shape index (κ2) is 9.03. The van der Waals surface area contributed by atoms with Gasteiger partial charge in [0, 0.05) is 19.5 Å². The number of hydrogen-bond acceptors (Lipinski definition) is 3. The Morgan fingerprint density at radius 3 is 3.06 bits per heavy atom. The van der Waals surface area contributed by atoms with Gasteiger partial charge in [0.05, 0.1) is 0 Å². The average Bonchev–Trinajstić information content (AvgIpc) is 2.28. The van der Waals surface area contributed by atoms with Crippen LogP contribution in [-0.4, -0.2) is 38.8 Å². The number of amides is 1. The van der Waals surface area contributed by atoms with Gasteiger partial charge in [-0.3, -0.25) is 4.79 Å². The maximum Gasteiger partial charge on any atom is 0.246 e. The minimum Gasteiger partial charge on any atom is -0.356 e. The Morgan fingerprint density at radius 1 is 1.35 bits per heavy atom. The summed E-state index contributed by atoms with van der Waals surface area (Å²) >= 11 is 0. The highest BCUT2D eigenvalue weighted by atomic mass is 16.5. The van der Waals surface area contributed by atoms with Gasteiger partial charge in [0.15, 0.2) is 0 Å². The van der Waals surface area contributed by atoms with Gasteiger partial charge in [-0.15, -0.1) is 5.92 Å². The molecule has 17 heavy (non-hydrogen) atoms. The first-order valence-corrected chi connectivity index (χ1v) is 6.34. The highest BCUT2D eigenvalue weighted by Crippen LogP contribution is 2.10. The van der Waals surface area contributed by atoms with Crippen molar-refractivity contribution < 1.29 is 9.53 Å². The van der Waals surface area contributed by atoms with Crippen LogP contribution in [0.4, 0.5) is 0 Å². The number of likely N-dealkylation sites (N-methyl/N-ethyl adjacent to an activating group) is 1. The SMILES string of the molecule is CNCCNC(=O)COC1C#CCCCCC1. The van der Waals surface area contributed by atoms with Crippen molar-refractivity contribution in [2.75, 3.05) is 26.7 Å². The lowest BCUT2D eigenvalue weighted by molar-refractivity contribution is -0.126. The summed E-state index contributed by atoms with van der Waals surface area (Å²) in [5.41, 5.74) is 0. The molecule has 0 aromatic rings. The van der Waals surface area contributed by atoms with Gasteiger partial charge in [0.2, 0.25) is 5.91 Å². The van der Waals surface area contributed by atoms with Crippen LogP contribution in [0.5, 0.6) is 0 Å². The van der Waals surface area contributed by atoms with Gasteiger partial charge < -0.3 is 15.4 Å². The number of rotatable bonds is 6. The van der Waals surface area contributed by atoms with Crippen LogP contribution in [0.15, 0.2) is 0 Å². The van der Waals surface area contributed by atoms with E-state index >= 15 is 0 Å². The molecular formula is C13H22N2O2. The monoisotopic (exact) mass is 238 g/mol. The van der Waals surface area contributed by atoms with Crippen molar-refractivity contribution in [3.8, 4) is 11.8 Å².